The molecule has 0 saturated carbocycles. The van der Waals surface area contributed by atoms with Gasteiger partial charge in [0.1, 0.15) is 5.82 Å². The van der Waals surface area contributed by atoms with Gasteiger partial charge in [-0.3, -0.25) is 0 Å². The molecule has 0 fully saturated rings. The summed E-state index contributed by atoms with van der Waals surface area (Å²) in [7, 11) is 0. The third kappa shape index (κ3) is 3.05. The molecule has 0 amide bonds. The number of nitrogens with zero attached hydrogens (tertiary/aromatic N) is 2. The van der Waals surface area contributed by atoms with E-state index in [0.29, 0.717) is 11.8 Å². The Labute approximate surface area is 121 Å². The number of hydrogen-bond acceptors (Lipinski definition) is 3. The minimum absolute atomic E-state index is 0.258. The average Bonchev–Trinajstić information content (AvgIpc) is 2.96. The minimum atomic E-state index is -0.258. The molecule has 4 heteroatoms. The molecule has 3 nitrogen and oxygen atoms in total. The molecule has 3 aromatic rings. The summed E-state index contributed by atoms with van der Waals surface area (Å²) >= 11 is 0. The van der Waals surface area contributed by atoms with Gasteiger partial charge in [-0.25, -0.2) is 4.39 Å². The molecule has 0 saturated heterocycles. The van der Waals surface area contributed by atoms with E-state index in [1.165, 1.54) is 12.1 Å². The van der Waals surface area contributed by atoms with Gasteiger partial charge in [0.2, 0.25) is 11.8 Å². The van der Waals surface area contributed by atoms with E-state index in [2.05, 4.69) is 10.2 Å². The van der Waals surface area contributed by atoms with Gasteiger partial charge < -0.3 is 4.42 Å². The third-order valence-electron chi connectivity index (χ3n) is 3.10. The van der Waals surface area contributed by atoms with Gasteiger partial charge in [-0.05, 0) is 42.3 Å². The van der Waals surface area contributed by atoms with Crippen LogP contribution in [0.25, 0.3) is 23.6 Å². The van der Waals surface area contributed by atoms with Gasteiger partial charge in [0.05, 0.1) is 0 Å². The van der Waals surface area contributed by atoms with Crippen LogP contribution in [-0.4, -0.2) is 10.2 Å². The predicted octanol–water partition coefficient (Wildman–Crippen LogP) is 4.35. The standard InChI is InChI=1S/C17H13FN2O/c1-12-4-2-3-5-15(12)17-20-19-16(21-17)11-8-13-6-9-14(18)10-7-13/h2-11H,1H3. The number of aromatic nitrogens is 2. The van der Waals surface area contributed by atoms with Crippen molar-refractivity contribution in [2.45, 2.75) is 6.92 Å². The molecule has 0 aliphatic carbocycles. The molecule has 21 heavy (non-hydrogen) atoms. The second-order valence-electron chi connectivity index (χ2n) is 4.65. The number of rotatable bonds is 3. The molecule has 0 bridgehead atoms. The highest BCUT2D eigenvalue weighted by atomic mass is 19.1. The summed E-state index contributed by atoms with van der Waals surface area (Å²) in [5, 5.41) is 8.03. The molecule has 104 valence electrons. The van der Waals surface area contributed by atoms with Crippen LogP contribution < -0.4 is 0 Å². The highest BCUT2D eigenvalue weighted by Crippen LogP contribution is 2.22. The van der Waals surface area contributed by atoms with Crippen molar-refractivity contribution in [2.75, 3.05) is 0 Å². The van der Waals surface area contributed by atoms with Crippen LogP contribution in [0.2, 0.25) is 0 Å². The lowest BCUT2D eigenvalue weighted by Gasteiger charge is -1.98. The fraction of sp³-hybridized carbons (Fsp3) is 0.0588. The van der Waals surface area contributed by atoms with E-state index in [0.717, 1.165) is 16.7 Å². The lowest BCUT2D eigenvalue weighted by molar-refractivity contribution is 0.557. The number of aryl methyl sites for hydroxylation is 1. The van der Waals surface area contributed by atoms with Crippen LogP contribution in [0.4, 0.5) is 4.39 Å². The highest BCUT2D eigenvalue weighted by molar-refractivity contribution is 5.66. The van der Waals surface area contributed by atoms with Gasteiger partial charge in [0, 0.05) is 11.6 Å². The van der Waals surface area contributed by atoms with Crippen molar-refractivity contribution in [1.29, 1.82) is 0 Å². The monoisotopic (exact) mass is 280 g/mol. The Bertz CT molecular complexity index is 775. The van der Waals surface area contributed by atoms with Crippen LogP contribution in [0, 0.1) is 12.7 Å². The Morgan fingerprint density at radius 2 is 1.71 bits per heavy atom. The topological polar surface area (TPSA) is 38.9 Å². The Hall–Kier alpha value is -2.75. The minimum Gasteiger partial charge on any atom is -0.417 e. The Morgan fingerprint density at radius 3 is 2.48 bits per heavy atom. The van der Waals surface area contributed by atoms with E-state index < -0.39 is 0 Å². The zero-order valence-electron chi connectivity index (χ0n) is 11.5. The first-order chi connectivity index (χ1) is 10.2. The number of benzene rings is 2. The molecule has 3 rings (SSSR count). The molecule has 0 aliphatic rings. The van der Waals surface area contributed by atoms with Gasteiger partial charge >= 0.3 is 0 Å². The quantitative estimate of drug-likeness (QED) is 0.715. The molecule has 0 radical (unpaired) electrons. The summed E-state index contributed by atoms with van der Waals surface area (Å²) in [6.45, 7) is 1.99. The molecule has 0 atom stereocenters. The van der Waals surface area contributed by atoms with Crippen molar-refractivity contribution in [3.8, 4) is 11.5 Å². The maximum atomic E-state index is 12.8. The fourth-order valence-electron chi connectivity index (χ4n) is 1.97. The highest BCUT2D eigenvalue weighted by Gasteiger charge is 2.08. The number of hydrogen-bond donors (Lipinski definition) is 0. The second kappa shape index (κ2) is 5.71. The first kappa shape index (κ1) is 13.2. The Balaban J connectivity index is 1.82. The largest absolute Gasteiger partial charge is 0.417 e. The summed E-state index contributed by atoms with van der Waals surface area (Å²) in [5.41, 5.74) is 2.87. The maximum absolute atomic E-state index is 12.8. The molecule has 1 heterocycles. The van der Waals surface area contributed by atoms with Crippen molar-refractivity contribution in [3.63, 3.8) is 0 Å². The zero-order valence-corrected chi connectivity index (χ0v) is 11.5. The van der Waals surface area contributed by atoms with Crippen molar-refractivity contribution >= 4 is 12.2 Å². The first-order valence-electron chi connectivity index (χ1n) is 6.55. The van der Waals surface area contributed by atoms with Crippen LogP contribution in [0.1, 0.15) is 17.0 Å². The molecule has 0 unspecified atom stereocenters. The van der Waals surface area contributed by atoms with Gasteiger partial charge in [-0.2, -0.15) is 0 Å². The molecular weight excluding hydrogens is 267 g/mol. The zero-order chi connectivity index (χ0) is 14.7. The lowest BCUT2D eigenvalue weighted by atomic mass is 10.1. The van der Waals surface area contributed by atoms with E-state index in [1.54, 1.807) is 24.3 Å². The number of halogens is 1. The van der Waals surface area contributed by atoms with Gasteiger partial charge in [-0.1, -0.05) is 30.3 Å². The summed E-state index contributed by atoms with van der Waals surface area (Å²) in [6.07, 6.45) is 3.51. The predicted molar refractivity (Wildman–Crippen MR) is 79.8 cm³/mol. The van der Waals surface area contributed by atoms with Gasteiger partial charge in [0.15, 0.2) is 0 Å². The third-order valence-corrected chi connectivity index (χ3v) is 3.10. The first-order valence-corrected chi connectivity index (χ1v) is 6.55. The summed E-state index contributed by atoms with van der Waals surface area (Å²) in [6, 6.07) is 14.0. The normalized spacial score (nSPS) is 11.1. The fourth-order valence-corrected chi connectivity index (χ4v) is 1.97. The van der Waals surface area contributed by atoms with E-state index in [9.17, 15) is 4.39 Å². The van der Waals surface area contributed by atoms with E-state index >= 15 is 0 Å². The van der Waals surface area contributed by atoms with Crippen molar-refractivity contribution in [2.24, 2.45) is 0 Å². The van der Waals surface area contributed by atoms with Crippen molar-refractivity contribution < 1.29 is 8.81 Å². The lowest BCUT2D eigenvalue weighted by Crippen LogP contribution is -1.81. The van der Waals surface area contributed by atoms with Crippen LogP contribution >= 0.6 is 0 Å². The molecule has 1 aromatic heterocycles. The SMILES string of the molecule is Cc1ccccc1-c1nnc(C=Cc2ccc(F)cc2)o1. The summed E-state index contributed by atoms with van der Waals surface area (Å²) < 4.78 is 18.4. The molecule has 0 aliphatic heterocycles. The van der Waals surface area contributed by atoms with Crippen LogP contribution in [-0.2, 0) is 0 Å². The Morgan fingerprint density at radius 1 is 0.952 bits per heavy atom. The van der Waals surface area contributed by atoms with Gasteiger partial charge in [0.25, 0.3) is 0 Å². The smallest absolute Gasteiger partial charge is 0.248 e. The summed E-state index contributed by atoms with van der Waals surface area (Å²) in [5.74, 6) is 0.649. The van der Waals surface area contributed by atoms with E-state index in [-0.39, 0.29) is 5.82 Å². The molecular formula is C17H13FN2O. The maximum Gasteiger partial charge on any atom is 0.248 e. The van der Waals surface area contributed by atoms with Gasteiger partial charge in [-0.15, -0.1) is 10.2 Å². The van der Waals surface area contributed by atoms with Crippen LogP contribution in [0.15, 0.2) is 52.9 Å². The second-order valence-corrected chi connectivity index (χ2v) is 4.65. The van der Waals surface area contributed by atoms with Crippen molar-refractivity contribution in [3.05, 3.63) is 71.4 Å². The van der Waals surface area contributed by atoms with E-state index in [4.69, 9.17) is 4.42 Å². The summed E-state index contributed by atoms with van der Waals surface area (Å²) in [4.78, 5) is 0. The molecule has 2 aromatic carbocycles. The Kier molecular flexibility index (Phi) is 3.60. The van der Waals surface area contributed by atoms with Crippen molar-refractivity contribution in [1.82, 2.24) is 10.2 Å². The average molecular weight is 280 g/mol. The molecule has 0 spiro atoms. The van der Waals surface area contributed by atoms with Crippen LogP contribution in [0.3, 0.4) is 0 Å². The molecule has 0 N–H and O–H groups in total. The van der Waals surface area contributed by atoms with E-state index in [1.807, 2.05) is 31.2 Å². The van der Waals surface area contributed by atoms with Crippen LogP contribution in [0.5, 0.6) is 0 Å².